The minimum atomic E-state index is 0.571. The molecule has 0 amide bonds. The predicted molar refractivity (Wildman–Crippen MR) is 78.4 cm³/mol. The van der Waals surface area contributed by atoms with Crippen molar-refractivity contribution >= 4 is 21.6 Å². The summed E-state index contributed by atoms with van der Waals surface area (Å²) in [6.07, 6.45) is 0. The van der Waals surface area contributed by atoms with Crippen molar-refractivity contribution in [2.24, 2.45) is 5.73 Å². The van der Waals surface area contributed by atoms with E-state index in [1.165, 1.54) is 22.4 Å². The third kappa shape index (κ3) is 2.04. The zero-order valence-electron chi connectivity index (χ0n) is 10.1. The fourth-order valence-electron chi connectivity index (χ4n) is 2.53. The molecule has 0 fully saturated rings. The van der Waals surface area contributed by atoms with Crippen molar-refractivity contribution in [3.8, 4) is 0 Å². The first-order chi connectivity index (χ1) is 8.78. The van der Waals surface area contributed by atoms with Crippen LogP contribution in [0.25, 0.3) is 0 Å². The summed E-state index contributed by atoms with van der Waals surface area (Å²) in [5.74, 6) is 0. The van der Waals surface area contributed by atoms with E-state index in [0.717, 1.165) is 17.6 Å². The van der Waals surface area contributed by atoms with Gasteiger partial charge >= 0.3 is 0 Å². The van der Waals surface area contributed by atoms with Crippen LogP contribution in [0, 0.1) is 0 Å². The maximum atomic E-state index is 5.84. The van der Waals surface area contributed by atoms with E-state index < -0.39 is 0 Å². The van der Waals surface area contributed by atoms with E-state index in [1.807, 2.05) is 0 Å². The quantitative estimate of drug-likeness (QED) is 0.921. The van der Waals surface area contributed by atoms with Gasteiger partial charge in [0.25, 0.3) is 0 Å². The Labute approximate surface area is 116 Å². The second kappa shape index (κ2) is 4.75. The minimum Gasteiger partial charge on any atom is -0.363 e. The Hall–Kier alpha value is -1.32. The van der Waals surface area contributed by atoms with Crippen LogP contribution in [0.5, 0.6) is 0 Å². The van der Waals surface area contributed by atoms with Gasteiger partial charge in [-0.2, -0.15) is 0 Å². The number of halogens is 1. The average Bonchev–Trinajstić information content (AvgIpc) is 2.82. The molecule has 1 aliphatic rings. The summed E-state index contributed by atoms with van der Waals surface area (Å²) in [6, 6.07) is 15.0. The number of hydrogen-bond donors (Lipinski definition) is 1. The highest BCUT2D eigenvalue weighted by Gasteiger charge is 2.20. The Kier molecular flexibility index (Phi) is 3.10. The fourth-order valence-corrected chi connectivity index (χ4v) is 2.94. The molecule has 1 aliphatic heterocycles. The van der Waals surface area contributed by atoms with Crippen molar-refractivity contribution in [3.05, 3.63) is 63.6 Å². The molecule has 0 spiro atoms. The molecular weight excluding hydrogens is 288 g/mol. The topological polar surface area (TPSA) is 29.3 Å². The average molecular weight is 303 g/mol. The Morgan fingerprint density at radius 3 is 2.33 bits per heavy atom. The van der Waals surface area contributed by atoms with Crippen LogP contribution in [-0.2, 0) is 19.6 Å². The van der Waals surface area contributed by atoms with Gasteiger partial charge in [-0.1, -0.05) is 40.2 Å². The Morgan fingerprint density at radius 2 is 1.72 bits per heavy atom. The minimum absolute atomic E-state index is 0.571. The van der Waals surface area contributed by atoms with E-state index in [2.05, 4.69) is 63.3 Å². The first-order valence-electron chi connectivity index (χ1n) is 6.08. The molecule has 0 unspecified atom stereocenters. The molecule has 2 N–H and O–H groups in total. The van der Waals surface area contributed by atoms with Gasteiger partial charge in [0.15, 0.2) is 0 Å². The lowest BCUT2D eigenvalue weighted by Gasteiger charge is -2.21. The zero-order chi connectivity index (χ0) is 12.5. The zero-order valence-corrected chi connectivity index (χ0v) is 11.7. The molecule has 2 nitrogen and oxygen atoms in total. The third-order valence-electron chi connectivity index (χ3n) is 3.44. The number of anilines is 1. The van der Waals surface area contributed by atoms with Crippen LogP contribution in [-0.4, -0.2) is 0 Å². The van der Waals surface area contributed by atoms with E-state index >= 15 is 0 Å². The summed E-state index contributed by atoms with van der Waals surface area (Å²) in [5.41, 5.74) is 11.1. The number of hydrogen-bond acceptors (Lipinski definition) is 2. The molecule has 0 aromatic heterocycles. The second-order valence-electron chi connectivity index (χ2n) is 4.60. The highest BCUT2D eigenvalue weighted by Crippen LogP contribution is 2.31. The molecule has 18 heavy (non-hydrogen) atoms. The molecule has 0 radical (unpaired) electrons. The SMILES string of the molecule is NCc1cc(Br)ccc1N1Cc2ccccc2C1. The van der Waals surface area contributed by atoms with Crippen LogP contribution >= 0.6 is 15.9 Å². The van der Waals surface area contributed by atoms with Crippen molar-refractivity contribution in [3.63, 3.8) is 0 Å². The Bertz CT molecular complexity index is 555. The summed E-state index contributed by atoms with van der Waals surface area (Å²) >= 11 is 3.50. The Balaban J connectivity index is 1.95. The van der Waals surface area contributed by atoms with Gasteiger partial charge in [0, 0.05) is 29.8 Å². The highest BCUT2D eigenvalue weighted by molar-refractivity contribution is 9.10. The van der Waals surface area contributed by atoms with E-state index in [-0.39, 0.29) is 0 Å². The van der Waals surface area contributed by atoms with Crippen LogP contribution in [0.2, 0.25) is 0 Å². The monoisotopic (exact) mass is 302 g/mol. The maximum absolute atomic E-state index is 5.84. The lowest BCUT2D eigenvalue weighted by atomic mass is 10.1. The van der Waals surface area contributed by atoms with Gasteiger partial charge in [-0.05, 0) is 34.9 Å². The summed E-state index contributed by atoms with van der Waals surface area (Å²) in [6.45, 7) is 2.53. The lowest BCUT2D eigenvalue weighted by Crippen LogP contribution is -2.17. The molecule has 92 valence electrons. The van der Waals surface area contributed by atoms with Crippen LogP contribution in [0.15, 0.2) is 46.9 Å². The molecule has 0 atom stereocenters. The van der Waals surface area contributed by atoms with Gasteiger partial charge in [-0.3, -0.25) is 0 Å². The van der Waals surface area contributed by atoms with Crippen LogP contribution < -0.4 is 10.6 Å². The van der Waals surface area contributed by atoms with Gasteiger partial charge in [0.2, 0.25) is 0 Å². The number of rotatable bonds is 2. The normalized spacial score (nSPS) is 13.8. The molecular formula is C15H15BrN2. The number of nitrogens with zero attached hydrogens (tertiary/aromatic N) is 1. The van der Waals surface area contributed by atoms with Gasteiger partial charge in [0.05, 0.1) is 0 Å². The number of nitrogens with two attached hydrogens (primary N) is 1. The summed E-state index contributed by atoms with van der Waals surface area (Å²) in [5, 5.41) is 0. The molecule has 2 aromatic carbocycles. The summed E-state index contributed by atoms with van der Waals surface area (Å²) in [7, 11) is 0. The van der Waals surface area contributed by atoms with Crippen molar-refractivity contribution in [1.82, 2.24) is 0 Å². The molecule has 3 rings (SSSR count). The smallest absolute Gasteiger partial charge is 0.0436 e. The van der Waals surface area contributed by atoms with Crippen LogP contribution in [0.3, 0.4) is 0 Å². The summed E-state index contributed by atoms with van der Waals surface area (Å²) in [4.78, 5) is 2.39. The first kappa shape index (κ1) is 11.8. The van der Waals surface area contributed by atoms with Crippen molar-refractivity contribution in [2.45, 2.75) is 19.6 Å². The first-order valence-corrected chi connectivity index (χ1v) is 6.87. The van der Waals surface area contributed by atoms with Gasteiger partial charge < -0.3 is 10.6 Å². The standard InChI is InChI=1S/C15H15BrN2/c16-14-5-6-15(13(7-14)8-17)18-9-11-3-1-2-4-12(11)10-18/h1-7H,8-10,17H2. The van der Waals surface area contributed by atoms with E-state index in [1.54, 1.807) is 0 Å². The summed E-state index contributed by atoms with van der Waals surface area (Å²) < 4.78 is 1.09. The van der Waals surface area contributed by atoms with Crippen LogP contribution in [0.1, 0.15) is 16.7 Å². The van der Waals surface area contributed by atoms with Crippen molar-refractivity contribution < 1.29 is 0 Å². The lowest BCUT2D eigenvalue weighted by molar-refractivity contribution is 0.864. The fraction of sp³-hybridized carbons (Fsp3) is 0.200. The van der Waals surface area contributed by atoms with Gasteiger partial charge in [-0.25, -0.2) is 0 Å². The van der Waals surface area contributed by atoms with Gasteiger partial charge in [-0.15, -0.1) is 0 Å². The van der Waals surface area contributed by atoms with E-state index in [4.69, 9.17) is 5.73 Å². The van der Waals surface area contributed by atoms with Crippen molar-refractivity contribution in [2.75, 3.05) is 4.90 Å². The van der Waals surface area contributed by atoms with E-state index in [9.17, 15) is 0 Å². The number of benzene rings is 2. The van der Waals surface area contributed by atoms with Crippen molar-refractivity contribution in [1.29, 1.82) is 0 Å². The molecule has 2 aromatic rings. The molecule has 0 saturated carbocycles. The third-order valence-corrected chi connectivity index (χ3v) is 3.94. The van der Waals surface area contributed by atoms with Crippen LogP contribution in [0.4, 0.5) is 5.69 Å². The second-order valence-corrected chi connectivity index (χ2v) is 5.52. The van der Waals surface area contributed by atoms with Gasteiger partial charge in [0.1, 0.15) is 0 Å². The molecule has 0 bridgehead atoms. The molecule has 0 saturated heterocycles. The molecule has 0 aliphatic carbocycles. The number of fused-ring (bicyclic) bond motifs is 1. The molecule has 3 heteroatoms. The largest absolute Gasteiger partial charge is 0.363 e. The predicted octanol–water partition coefficient (Wildman–Crippen LogP) is 3.43. The van der Waals surface area contributed by atoms with E-state index in [0.29, 0.717) is 6.54 Å². The maximum Gasteiger partial charge on any atom is 0.0436 e. The highest BCUT2D eigenvalue weighted by atomic mass is 79.9. The molecule has 1 heterocycles. The Morgan fingerprint density at radius 1 is 1.06 bits per heavy atom.